The van der Waals surface area contributed by atoms with Crippen LogP contribution < -0.4 is 21.3 Å². The fourth-order valence-corrected chi connectivity index (χ4v) is 7.13. The van der Waals surface area contributed by atoms with Gasteiger partial charge in [-0.05, 0) is 123 Å². The van der Waals surface area contributed by atoms with Gasteiger partial charge in [0.25, 0.3) is 0 Å². The molecule has 0 fully saturated rings. The second-order valence-electron chi connectivity index (χ2n) is 18.9. The molecule has 4 N–H and O–H groups in total. The molecule has 3 aromatic carbocycles. The molecular weight excluding hydrogens is 805 g/mol. The van der Waals surface area contributed by atoms with Crippen LogP contribution in [-0.2, 0) is 44.5 Å². The lowest BCUT2D eigenvalue weighted by atomic mass is 9.98. The fourth-order valence-electron chi connectivity index (χ4n) is 7.13. The molecule has 342 valence electrons. The summed E-state index contributed by atoms with van der Waals surface area (Å²) in [5.41, 5.74) is 3.76. The molecule has 14 nitrogen and oxygen atoms in total. The number of fused-ring (bicyclic) bond motifs is 3. The van der Waals surface area contributed by atoms with Gasteiger partial charge in [-0.25, -0.2) is 19.2 Å². The second-order valence-corrected chi connectivity index (χ2v) is 18.9. The van der Waals surface area contributed by atoms with Gasteiger partial charge in [0.1, 0.15) is 41.5 Å². The Morgan fingerprint density at radius 1 is 0.619 bits per heavy atom. The number of urea groups is 1. The van der Waals surface area contributed by atoms with Crippen molar-refractivity contribution in [2.24, 2.45) is 0 Å². The normalized spacial score (nSPS) is 13.9. The van der Waals surface area contributed by atoms with Crippen molar-refractivity contribution in [1.82, 2.24) is 21.3 Å². The first-order valence-electron chi connectivity index (χ1n) is 21.7. The van der Waals surface area contributed by atoms with Crippen LogP contribution in [0.1, 0.15) is 123 Å². The van der Waals surface area contributed by atoms with Crippen LogP contribution in [0.3, 0.4) is 0 Å². The molecule has 3 atom stereocenters. The van der Waals surface area contributed by atoms with Gasteiger partial charge in [-0.3, -0.25) is 9.59 Å². The monoisotopic (exact) mass is 870 g/mol. The number of esters is 3. The van der Waals surface area contributed by atoms with Gasteiger partial charge >= 0.3 is 30.0 Å². The lowest BCUT2D eigenvalue weighted by molar-refractivity contribution is -0.159. The molecule has 4 amide bonds. The summed E-state index contributed by atoms with van der Waals surface area (Å²) in [6, 6.07) is 19.7. The highest BCUT2D eigenvalue weighted by Crippen LogP contribution is 2.44. The highest BCUT2D eigenvalue weighted by Gasteiger charge is 2.33. The molecule has 0 unspecified atom stereocenters. The molecule has 0 aliphatic heterocycles. The summed E-state index contributed by atoms with van der Waals surface area (Å²) in [6.07, 6.45) is 0.156. The van der Waals surface area contributed by atoms with Crippen molar-refractivity contribution >= 4 is 35.9 Å². The third-order valence-corrected chi connectivity index (χ3v) is 9.74. The number of unbranched alkanes of at least 4 members (excludes halogenated alkanes) is 1. The number of hydrogen-bond donors (Lipinski definition) is 4. The molecule has 1 aliphatic rings. The van der Waals surface area contributed by atoms with Crippen molar-refractivity contribution in [2.45, 2.75) is 149 Å². The van der Waals surface area contributed by atoms with E-state index in [-0.39, 0.29) is 44.8 Å². The summed E-state index contributed by atoms with van der Waals surface area (Å²) < 4.78 is 22.3. The maximum Gasteiger partial charge on any atom is 0.407 e. The largest absolute Gasteiger partial charge is 0.460 e. The van der Waals surface area contributed by atoms with E-state index in [9.17, 15) is 28.8 Å². The van der Waals surface area contributed by atoms with Gasteiger partial charge in [-0.1, -0.05) is 78.4 Å². The Kier molecular flexibility index (Phi) is 17.3. The Labute approximate surface area is 371 Å². The van der Waals surface area contributed by atoms with E-state index in [1.54, 1.807) is 62.3 Å². The molecule has 0 spiro atoms. The zero-order chi connectivity index (χ0) is 46.5. The van der Waals surface area contributed by atoms with Crippen LogP contribution in [0.5, 0.6) is 0 Å². The van der Waals surface area contributed by atoms with E-state index in [2.05, 4.69) is 33.4 Å². The minimum absolute atomic E-state index is 0.0945. The van der Waals surface area contributed by atoms with E-state index in [0.717, 1.165) is 33.4 Å². The second kappa shape index (κ2) is 21.9. The number of ether oxygens (including phenoxy) is 4. The minimum atomic E-state index is -1.22. The van der Waals surface area contributed by atoms with E-state index < -0.39 is 70.9 Å². The molecule has 0 bridgehead atoms. The quantitative estimate of drug-likeness (QED) is 0.0564. The van der Waals surface area contributed by atoms with Gasteiger partial charge in [0.15, 0.2) is 0 Å². The SMILES string of the molecule is Cc1cccc(C[C@H](NC(=O)OCC2c3ccccc3-c3ccccc32)C(=O)NCCCC[C@H](NC(=O)N[C@@H](CCC(=O)OC(C)(C)C)C(=O)OC(C)(C)C)C(=O)OC(C)(C)C)c1. The van der Waals surface area contributed by atoms with Crippen LogP contribution in [0.25, 0.3) is 11.1 Å². The van der Waals surface area contributed by atoms with Crippen molar-refractivity contribution in [3.63, 3.8) is 0 Å². The van der Waals surface area contributed by atoms with Crippen molar-refractivity contribution in [1.29, 1.82) is 0 Å². The summed E-state index contributed by atoms with van der Waals surface area (Å²) in [5.74, 6) is -2.54. The summed E-state index contributed by atoms with van der Waals surface area (Å²) in [5, 5.41) is 10.9. The lowest BCUT2D eigenvalue weighted by Gasteiger charge is -2.27. The predicted octanol–water partition coefficient (Wildman–Crippen LogP) is 7.57. The number of aryl methyl sites for hydroxylation is 1. The Hall–Kier alpha value is -5.92. The van der Waals surface area contributed by atoms with E-state index in [0.29, 0.717) is 12.8 Å². The van der Waals surface area contributed by atoms with Crippen LogP contribution in [-0.4, -0.2) is 84.0 Å². The van der Waals surface area contributed by atoms with Crippen LogP contribution >= 0.6 is 0 Å². The highest BCUT2D eigenvalue weighted by molar-refractivity contribution is 5.88. The first-order valence-corrected chi connectivity index (χ1v) is 21.7. The molecule has 0 saturated heterocycles. The average molecular weight is 871 g/mol. The van der Waals surface area contributed by atoms with Gasteiger partial charge in [-0.15, -0.1) is 0 Å². The first kappa shape index (κ1) is 49.7. The molecule has 1 aliphatic carbocycles. The van der Waals surface area contributed by atoms with Gasteiger partial charge in [-0.2, -0.15) is 0 Å². The van der Waals surface area contributed by atoms with Crippen LogP contribution in [0.4, 0.5) is 9.59 Å². The van der Waals surface area contributed by atoms with Gasteiger partial charge < -0.3 is 40.2 Å². The number of amides is 4. The summed E-state index contributed by atoms with van der Waals surface area (Å²) in [4.78, 5) is 79.3. The maximum atomic E-state index is 13.7. The number of rotatable bonds is 18. The summed E-state index contributed by atoms with van der Waals surface area (Å²) >= 11 is 0. The Morgan fingerprint density at radius 2 is 1.16 bits per heavy atom. The molecule has 63 heavy (non-hydrogen) atoms. The average Bonchev–Trinajstić information content (AvgIpc) is 3.49. The number of carbonyl (C=O) groups excluding carboxylic acids is 6. The van der Waals surface area contributed by atoms with Gasteiger partial charge in [0.2, 0.25) is 5.91 Å². The molecule has 3 aromatic rings. The Balaban J connectivity index is 1.37. The van der Waals surface area contributed by atoms with E-state index in [1.165, 1.54) is 0 Å². The van der Waals surface area contributed by atoms with Crippen molar-refractivity contribution in [2.75, 3.05) is 13.2 Å². The molecule has 0 heterocycles. The lowest BCUT2D eigenvalue weighted by Crippen LogP contribution is -2.53. The number of benzene rings is 3. The molecular formula is C49H66N4O10. The van der Waals surface area contributed by atoms with E-state index in [4.69, 9.17) is 18.9 Å². The molecule has 0 aromatic heterocycles. The topological polar surface area (TPSA) is 187 Å². The number of nitrogens with one attached hydrogen (secondary N) is 4. The van der Waals surface area contributed by atoms with Crippen LogP contribution in [0.15, 0.2) is 72.8 Å². The standard InChI is InChI=1S/C49H66N4O10/c1-31-18-17-19-32(28-31)29-40(53-46(59)60-30-37-35-22-13-11-20-33(35)34-21-12-14-23-36(34)37)42(55)50-27-16-15-24-38(43(56)62-48(5,6)7)51-45(58)52-39(44(57)63-49(8,9)10)25-26-41(54)61-47(2,3)4/h11-14,17-23,28,37-40H,15-16,24-27,29-30H2,1-10H3,(H,50,55)(H,53,59)(H2,51,52,58)/t38-,39-,40-/m0/s1. The van der Waals surface area contributed by atoms with Crippen LogP contribution in [0.2, 0.25) is 0 Å². The predicted molar refractivity (Wildman–Crippen MR) is 240 cm³/mol. The van der Waals surface area contributed by atoms with Crippen molar-refractivity contribution < 1.29 is 47.7 Å². The number of carbonyl (C=O) groups is 6. The number of alkyl carbamates (subject to hydrolysis) is 1. The maximum absolute atomic E-state index is 13.7. The summed E-state index contributed by atoms with van der Waals surface area (Å²) in [7, 11) is 0. The third kappa shape index (κ3) is 16.7. The van der Waals surface area contributed by atoms with Crippen LogP contribution in [0, 0.1) is 6.92 Å². The van der Waals surface area contributed by atoms with Crippen molar-refractivity contribution in [3.05, 3.63) is 95.1 Å². The minimum Gasteiger partial charge on any atom is -0.460 e. The van der Waals surface area contributed by atoms with E-state index in [1.807, 2.05) is 67.6 Å². The highest BCUT2D eigenvalue weighted by atomic mass is 16.6. The Morgan fingerprint density at radius 3 is 1.70 bits per heavy atom. The first-order chi connectivity index (χ1) is 29.5. The smallest absolute Gasteiger partial charge is 0.407 e. The Bertz CT molecular complexity index is 2030. The molecule has 4 rings (SSSR count). The van der Waals surface area contributed by atoms with E-state index >= 15 is 0 Å². The molecule has 0 radical (unpaired) electrons. The van der Waals surface area contributed by atoms with Crippen molar-refractivity contribution in [3.8, 4) is 11.1 Å². The summed E-state index contributed by atoms with van der Waals surface area (Å²) in [6.45, 7) is 17.6. The van der Waals surface area contributed by atoms with Gasteiger partial charge in [0, 0.05) is 25.3 Å². The van der Waals surface area contributed by atoms with Gasteiger partial charge in [0.05, 0.1) is 0 Å². The molecule has 0 saturated carbocycles. The number of hydrogen-bond acceptors (Lipinski definition) is 10. The fraction of sp³-hybridized carbons (Fsp3) is 0.510. The zero-order valence-electron chi connectivity index (χ0n) is 38.5. The molecule has 14 heteroatoms. The third-order valence-electron chi connectivity index (χ3n) is 9.74. The zero-order valence-corrected chi connectivity index (χ0v) is 38.5.